The lowest BCUT2D eigenvalue weighted by atomic mass is 10.3. The molecule has 17 heavy (non-hydrogen) atoms. The predicted molar refractivity (Wildman–Crippen MR) is 79.8 cm³/mol. The summed E-state index contributed by atoms with van der Waals surface area (Å²) in [5.74, 6) is 0.796. The zero-order chi connectivity index (χ0) is 12.8. The van der Waals surface area contributed by atoms with Crippen LogP contribution in [0, 0.1) is 0 Å². The molecule has 0 saturated heterocycles. The maximum atomic E-state index is 5.77. The first-order valence-electron chi connectivity index (χ1n) is 5.02. The molecule has 96 valence electrons. The smallest absolute Gasteiger partial charge is 0.147 e. The lowest BCUT2D eigenvalue weighted by Gasteiger charge is -2.17. The molecule has 0 saturated carbocycles. The van der Waals surface area contributed by atoms with E-state index in [4.69, 9.17) is 9.47 Å². The molecule has 0 spiro atoms. The Kier molecular flexibility index (Phi) is 7.02. The van der Waals surface area contributed by atoms with Gasteiger partial charge in [-0.15, -0.1) is 0 Å². The Bertz CT molecular complexity index is 351. The molecule has 0 aliphatic rings. The first kappa shape index (κ1) is 15.4. The van der Waals surface area contributed by atoms with E-state index in [2.05, 4.69) is 53.1 Å². The van der Waals surface area contributed by atoms with Crippen LogP contribution < -0.4 is 10.1 Å². The van der Waals surface area contributed by atoms with Crippen molar-refractivity contribution in [2.45, 2.75) is 6.04 Å². The molecule has 1 atom stereocenters. The number of hydrogen-bond acceptors (Lipinski definition) is 3. The highest BCUT2D eigenvalue weighted by Gasteiger charge is 2.11. The van der Waals surface area contributed by atoms with Crippen molar-refractivity contribution in [2.24, 2.45) is 0 Å². The van der Waals surface area contributed by atoms with Gasteiger partial charge in [0.2, 0.25) is 0 Å². The summed E-state index contributed by atoms with van der Waals surface area (Å²) >= 11 is 10.4. The quantitative estimate of drug-likeness (QED) is 0.746. The molecule has 0 radical (unpaired) electrons. The van der Waals surface area contributed by atoms with Crippen LogP contribution >= 0.6 is 47.8 Å². The summed E-state index contributed by atoms with van der Waals surface area (Å²) in [5.41, 5.74) is 0. The molecule has 0 heterocycles. The minimum absolute atomic E-state index is 0.169. The molecular weight excluding hydrogens is 418 g/mol. The summed E-state index contributed by atoms with van der Waals surface area (Å²) in [6.45, 7) is 1.16. The number of methoxy groups -OCH3 is 1. The third-order valence-corrected chi connectivity index (χ3v) is 3.80. The van der Waals surface area contributed by atoms with Crippen LogP contribution in [0.1, 0.15) is 0 Å². The van der Waals surface area contributed by atoms with Crippen LogP contribution in [0.4, 0.5) is 0 Å². The van der Waals surface area contributed by atoms with Crippen molar-refractivity contribution in [1.29, 1.82) is 0 Å². The van der Waals surface area contributed by atoms with Crippen molar-refractivity contribution in [2.75, 3.05) is 27.4 Å². The summed E-state index contributed by atoms with van der Waals surface area (Å²) in [6, 6.07) is 4.07. The van der Waals surface area contributed by atoms with Crippen molar-refractivity contribution >= 4 is 47.8 Å². The monoisotopic (exact) mass is 429 g/mol. The second-order valence-corrected chi connectivity index (χ2v) is 6.07. The van der Waals surface area contributed by atoms with Gasteiger partial charge >= 0.3 is 0 Å². The molecular formula is C11H14Br3NO2. The average Bonchev–Trinajstić information content (AvgIpc) is 2.26. The van der Waals surface area contributed by atoms with Gasteiger partial charge in [0.25, 0.3) is 0 Å². The predicted octanol–water partition coefficient (Wildman–Crippen LogP) is 3.59. The maximum Gasteiger partial charge on any atom is 0.147 e. The largest absolute Gasteiger partial charge is 0.489 e. The molecule has 6 heteroatoms. The molecule has 1 rings (SSSR count). The van der Waals surface area contributed by atoms with Gasteiger partial charge < -0.3 is 14.8 Å². The second kappa shape index (κ2) is 7.74. The Morgan fingerprint density at radius 2 is 1.76 bits per heavy atom. The van der Waals surface area contributed by atoms with Crippen molar-refractivity contribution in [3.63, 3.8) is 0 Å². The molecule has 0 bridgehead atoms. The van der Waals surface area contributed by atoms with E-state index < -0.39 is 0 Å². The minimum Gasteiger partial charge on any atom is -0.489 e. The van der Waals surface area contributed by atoms with Crippen LogP contribution in [0.2, 0.25) is 0 Å². The van der Waals surface area contributed by atoms with Crippen LogP contribution in [0.25, 0.3) is 0 Å². The molecule has 1 N–H and O–H groups in total. The van der Waals surface area contributed by atoms with Crippen molar-refractivity contribution < 1.29 is 9.47 Å². The number of ether oxygens (including phenoxy) is 2. The van der Waals surface area contributed by atoms with Gasteiger partial charge in [0.1, 0.15) is 12.4 Å². The SMILES string of the molecule is CNC(COC)COc1c(Br)cc(Br)cc1Br. The highest BCUT2D eigenvalue weighted by atomic mass is 79.9. The summed E-state index contributed by atoms with van der Waals surface area (Å²) in [5, 5.41) is 3.13. The molecule has 1 aromatic rings. The van der Waals surface area contributed by atoms with Crippen LogP contribution in [-0.2, 0) is 4.74 Å². The van der Waals surface area contributed by atoms with Gasteiger partial charge in [0.15, 0.2) is 0 Å². The van der Waals surface area contributed by atoms with Gasteiger partial charge in [0, 0.05) is 11.6 Å². The standard InChI is InChI=1S/C11H14Br3NO2/c1-15-8(5-16-2)6-17-11-9(13)3-7(12)4-10(11)14/h3-4,8,15H,5-6H2,1-2H3. The molecule has 0 aliphatic carbocycles. The number of hydrogen-bond donors (Lipinski definition) is 1. The molecule has 0 aromatic heterocycles. The first-order valence-corrected chi connectivity index (χ1v) is 7.40. The van der Waals surface area contributed by atoms with Crippen LogP contribution in [0.15, 0.2) is 25.6 Å². The third kappa shape index (κ3) is 4.87. The van der Waals surface area contributed by atoms with Gasteiger partial charge in [-0.1, -0.05) is 15.9 Å². The molecule has 3 nitrogen and oxygen atoms in total. The number of benzene rings is 1. The van der Waals surface area contributed by atoms with Gasteiger partial charge in [0.05, 0.1) is 21.6 Å². The zero-order valence-corrected chi connectivity index (χ0v) is 14.4. The van der Waals surface area contributed by atoms with Gasteiger partial charge in [-0.05, 0) is 51.0 Å². The number of nitrogens with one attached hydrogen (secondary N) is 1. The Hall–Kier alpha value is 0.380. The van der Waals surface area contributed by atoms with E-state index in [0.717, 1.165) is 19.2 Å². The van der Waals surface area contributed by atoms with E-state index in [1.54, 1.807) is 7.11 Å². The molecule has 0 aliphatic heterocycles. The van der Waals surface area contributed by atoms with Gasteiger partial charge in [-0.2, -0.15) is 0 Å². The summed E-state index contributed by atoms with van der Waals surface area (Å²) in [7, 11) is 3.56. The fourth-order valence-electron chi connectivity index (χ4n) is 1.27. The topological polar surface area (TPSA) is 30.5 Å². The van der Waals surface area contributed by atoms with Crippen molar-refractivity contribution in [3.8, 4) is 5.75 Å². The van der Waals surface area contributed by atoms with E-state index >= 15 is 0 Å². The van der Waals surface area contributed by atoms with Crippen molar-refractivity contribution in [1.82, 2.24) is 5.32 Å². The zero-order valence-electron chi connectivity index (χ0n) is 9.60. The first-order chi connectivity index (χ1) is 8.08. The lowest BCUT2D eigenvalue weighted by molar-refractivity contribution is 0.139. The Labute approximate surface area is 127 Å². The lowest BCUT2D eigenvalue weighted by Crippen LogP contribution is -2.35. The highest BCUT2D eigenvalue weighted by Crippen LogP contribution is 2.36. The highest BCUT2D eigenvalue weighted by molar-refractivity contribution is 9.11. The number of halogens is 3. The number of likely N-dealkylation sites (N-methyl/N-ethyl adjacent to an activating group) is 1. The van der Waals surface area contributed by atoms with Crippen LogP contribution in [-0.4, -0.2) is 33.4 Å². The van der Waals surface area contributed by atoms with E-state index in [1.807, 2.05) is 19.2 Å². The van der Waals surface area contributed by atoms with E-state index in [0.29, 0.717) is 13.2 Å². The fourth-order valence-corrected chi connectivity index (χ4v) is 3.75. The van der Waals surface area contributed by atoms with Crippen LogP contribution in [0.3, 0.4) is 0 Å². The average molecular weight is 432 g/mol. The van der Waals surface area contributed by atoms with E-state index in [9.17, 15) is 0 Å². The van der Waals surface area contributed by atoms with E-state index in [-0.39, 0.29) is 6.04 Å². The van der Waals surface area contributed by atoms with Gasteiger partial charge in [-0.25, -0.2) is 0 Å². The normalized spacial score (nSPS) is 12.5. The summed E-state index contributed by atoms with van der Waals surface area (Å²) < 4.78 is 13.7. The summed E-state index contributed by atoms with van der Waals surface area (Å²) in [6.07, 6.45) is 0. The van der Waals surface area contributed by atoms with Gasteiger partial charge in [-0.3, -0.25) is 0 Å². The maximum absolute atomic E-state index is 5.77. The second-order valence-electron chi connectivity index (χ2n) is 3.45. The third-order valence-electron chi connectivity index (χ3n) is 2.17. The Morgan fingerprint density at radius 1 is 1.18 bits per heavy atom. The van der Waals surface area contributed by atoms with Crippen LogP contribution in [0.5, 0.6) is 5.75 Å². The van der Waals surface area contributed by atoms with E-state index in [1.165, 1.54) is 0 Å². The number of rotatable bonds is 6. The molecule has 1 unspecified atom stereocenters. The summed E-state index contributed by atoms with van der Waals surface area (Å²) in [4.78, 5) is 0. The Balaban J connectivity index is 2.68. The molecule has 1 aromatic carbocycles. The Morgan fingerprint density at radius 3 is 2.24 bits per heavy atom. The fraction of sp³-hybridized carbons (Fsp3) is 0.455. The van der Waals surface area contributed by atoms with Crippen molar-refractivity contribution in [3.05, 3.63) is 25.6 Å². The molecule has 0 fully saturated rings. The minimum atomic E-state index is 0.169. The molecule has 0 amide bonds.